The summed E-state index contributed by atoms with van der Waals surface area (Å²) in [4.78, 5) is 13.5. The van der Waals surface area contributed by atoms with Crippen LogP contribution in [0.25, 0.3) is 10.4 Å². The predicted molar refractivity (Wildman–Crippen MR) is 115 cm³/mol. The lowest BCUT2D eigenvalue weighted by molar-refractivity contribution is 0.0529. The number of rotatable bonds is 5. The fraction of sp³-hybridized carbons (Fsp3) is 0.158. The summed E-state index contributed by atoms with van der Waals surface area (Å²) in [5.41, 5.74) is 3.41. The number of benzene rings is 1. The Morgan fingerprint density at radius 3 is 2.65 bits per heavy atom. The maximum absolute atomic E-state index is 12.5. The Labute approximate surface area is 165 Å². The molecule has 4 nitrogen and oxygen atoms in total. The molecule has 0 bridgehead atoms. The second-order valence-corrected chi connectivity index (χ2v) is 7.68. The molecule has 3 rings (SSSR count). The summed E-state index contributed by atoms with van der Waals surface area (Å²) in [5.74, 6) is -0.349. The van der Waals surface area contributed by atoms with E-state index in [0.29, 0.717) is 22.3 Å². The van der Waals surface area contributed by atoms with Crippen molar-refractivity contribution in [3.63, 3.8) is 0 Å². The Bertz CT molecular complexity index is 917. The molecule has 3 aromatic rings. The van der Waals surface area contributed by atoms with Gasteiger partial charge < -0.3 is 15.4 Å². The summed E-state index contributed by atoms with van der Waals surface area (Å²) < 4.78 is 5.25. The zero-order valence-corrected chi connectivity index (χ0v) is 16.8. The highest BCUT2D eigenvalue weighted by molar-refractivity contribution is 7.80. The third kappa shape index (κ3) is 4.12. The number of hydrogen-bond acceptors (Lipinski definition) is 5. The van der Waals surface area contributed by atoms with E-state index in [0.717, 1.165) is 21.7 Å². The topological polar surface area (TPSA) is 50.4 Å². The van der Waals surface area contributed by atoms with Gasteiger partial charge in [-0.3, -0.25) is 0 Å². The number of nitrogens with one attached hydrogen (secondary N) is 2. The van der Waals surface area contributed by atoms with Crippen LogP contribution < -0.4 is 10.6 Å². The number of thiocarbonyl (C=S) groups is 1. The number of hydrogen-bond donors (Lipinski definition) is 2. The third-order valence-electron chi connectivity index (χ3n) is 3.68. The van der Waals surface area contributed by atoms with Crippen molar-refractivity contribution in [2.45, 2.75) is 13.8 Å². The van der Waals surface area contributed by atoms with Crippen LogP contribution in [0.1, 0.15) is 22.8 Å². The molecule has 2 aromatic heterocycles. The van der Waals surface area contributed by atoms with E-state index in [1.54, 1.807) is 18.3 Å². The standard InChI is InChI=1S/C19H18N2O2S3/c1-3-23-18(22)16-13(15-9-6-10-25-15)11-26-17(16)21-19(24)20-14-8-5-4-7-12(14)2/h4-11H,3H2,1-2H3,(H2,20,21,24). The first kappa shape index (κ1) is 18.6. The van der Waals surface area contributed by atoms with E-state index < -0.39 is 0 Å². The van der Waals surface area contributed by atoms with Gasteiger partial charge in [-0.1, -0.05) is 24.3 Å². The van der Waals surface area contributed by atoms with Crippen LogP contribution in [0.4, 0.5) is 10.7 Å². The summed E-state index contributed by atoms with van der Waals surface area (Å²) in [5, 5.41) is 11.4. The summed E-state index contributed by atoms with van der Waals surface area (Å²) in [6.07, 6.45) is 0. The Morgan fingerprint density at radius 2 is 1.96 bits per heavy atom. The van der Waals surface area contributed by atoms with Crippen LogP contribution >= 0.6 is 34.9 Å². The third-order valence-corrected chi connectivity index (χ3v) is 5.68. The molecule has 134 valence electrons. The van der Waals surface area contributed by atoms with Gasteiger partial charge in [-0.05, 0) is 49.1 Å². The lowest BCUT2D eigenvalue weighted by atomic mass is 10.1. The molecule has 0 fully saturated rings. The Morgan fingerprint density at radius 1 is 1.15 bits per heavy atom. The van der Waals surface area contributed by atoms with Crippen molar-refractivity contribution in [1.29, 1.82) is 0 Å². The van der Waals surface area contributed by atoms with Gasteiger partial charge in [-0.2, -0.15) is 0 Å². The number of esters is 1. The summed E-state index contributed by atoms with van der Waals surface area (Å²) in [7, 11) is 0. The molecule has 2 N–H and O–H groups in total. The highest BCUT2D eigenvalue weighted by atomic mass is 32.1. The maximum Gasteiger partial charge on any atom is 0.341 e. The quantitative estimate of drug-likeness (QED) is 0.419. The second kappa shape index (κ2) is 8.44. The average Bonchev–Trinajstić information content (AvgIpc) is 3.26. The molecule has 0 spiro atoms. The molecule has 0 aliphatic heterocycles. The molecule has 0 aliphatic rings. The van der Waals surface area contributed by atoms with Crippen molar-refractivity contribution in [3.8, 4) is 10.4 Å². The highest BCUT2D eigenvalue weighted by Gasteiger charge is 2.22. The van der Waals surface area contributed by atoms with Gasteiger partial charge in [0.2, 0.25) is 0 Å². The zero-order chi connectivity index (χ0) is 18.5. The number of thiophene rings is 2. The predicted octanol–water partition coefficient (Wildman–Crippen LogP) is 5.77. The maximum atomic E-state index is 12.5. The molecule has 0 saturated carbocycles. The minimum Gasteiger partial charge on any atom is -0.462 e. The lowest BCUT2D eigenvalue weighted by Crippen LogP contribution is -2.20. The van der Waals surface area contributed by atoms with Crippen molar-refractivity contribution in [2.24, 2.45) is 0 Å². The molecule has 1 aromatic carbocycles. The molecule has 0 aliphatic carbocycles. The molecular formula is C19H18N2O2S3. The number of carbonyl (C=O) groups is 1. The highest BCUT2D eigenvalue weighted by Crippen LogP contribution is 2.38. The van der Waals surface area contributed by atoms with E-state index in [4.69, 9.17) is 17.0 Å². The minimum atomic E-state index is -0.349. The lowest BCUT2D eigenvalue weighted by Gasteiger charge is -2.13. The van der Waals surface area contributed by atoms with Crippen molar-refractivity contribution < 1.29 is 9.53 Å². The Balaban J connectivity index is 1.86. The molecule has 2 heterocycles. The van der Waals surface area contributed by atoms with E-state index >= 15 is 0 Å². The van der Waals surface area contributed by atoms with Gasteiger partial charge in [0.15, 0.2) is 5.11 Å². The number of ether oxygens (including phenoxy) is 1. The first-order chi connectivity index (χ1) is 12.6. The molecule has 7 heteroatoms. The van der Waals surface area contributed by atoms with Gasteiger partial charge in [0, 0.05) is 21.5 Å². The van der Waals surface area contributed by atoms with Crippen molar-refractivity contribution >= 4 is 56.7 Å². The van der Waals surface area contributed by atoms with Gasteiger partial charge in [-0.15, -0.1) is 22.7 Å². The largest absolute Gasteiger partial charge is 0.462 e. The van der Waals surface area contributed by atoms with Gasteiger partial charge in [-0.25, -0.2) is 4.79 Å². The summed E-state index contributed by atoms with van der Waals surface area (Å²) >= 11 is 8.46. The van der Waals surface area contributed by atoms with Crippen LogP contribution in [0, 0.1) is 6.92 Å². The molecule has 0 unspecified atom stereocenters. The van der Waals surface area contributed by atoms with Gasteiger partial charge in [0.25, 0.3) is 0 Å². The number of para-hydroxylation sites is 1. The van der Waals surface area contributed by atoms with E-state index in [1.807, 2.05) is 54.1 Å². The first-order valence-corrected chi connectivity index (χ1v) is 10.2. The molecule has 26 heavy (non-hydrogen) atoms. The monoisotopic (exact) mass is 402 g/mol. The molecular weight excluding hydrogens is 384 g/mol. The zero-order valence-electron chi connectivity index (χ0n) is 14.4. The van der Waals surface area contributed by atoms with Crippen LogP contribution in [0.3, 0.4) is 0 Å². The summed E-state index contributed by atoms with van der Waals surface area (Å²) in [6, 6.07) is 11.8. The van der Waals surface area contributed by atoms with E-state index in [1.165, 1.54) is 11.3 Å². The SMILES string of the molecule is CCOC(=O)c1c(-c2cccs2)csc1NC(=S)Nc1ccccc1C. The minimum absolute atomic E-state index is 0.323. The van der Waals surface area contributed by atoms with Crippen LogP contribution in [-0.4, -0.2) is 17.7 Å². The fourth-order valence-electron chi connectivity index (χ4n) is 2.44. The van der Waals surface area contributed by atoms with E-state index in [2.05, 4.69) is 10.6 Å². The van der Waals surface area contributed by atoms with Crippen molar-refractivity contribution in [3.05, 3.63) is 58.3 Å². The first-order valence-electron chi connectivity index (χ1n) is 8.06. The van der Waals surface area contributed by atoms with Crippen molar-refractivity contribution in [1.82, 2.24) is 0 Å². The molecule has 0 atom stereocenters. The smallest absolute Gasteiger partial charge is 0.341 e. The average molecular weight is 403 g/mol. The Hall–Kier alpha value is -2.22. The second-order valence-electron chi connectivity index (χ2n) is 5.45. The van der Waals surface area contributed by atoms with Crippen LogP contribution in [0.5, 0.6) is 0 Å². The van der Waals surface area contributed by atoms with Gasteiger partial charge >= 0.3 is 5.97 Å². The van der Waals surface area contributed by atoms with Crippen LogP contribution in [-0.2, 0) is 4.74 Å². The van der Waals surface area contributed by atoms with Crippen molar-refractivity contribution in [2.75, 3.05) is 17.2 Å². The van der Waals surface area contributed by atoms with Gasteiger partial charge in [0.1, 0.15) is 10.6 Å². The number of carbonyl (C=O) groups excluding carboxylic acids is 1. The fourth-order valence-corrected chi connectivity index (χ4v) is 4.49. The molecule has 0 radical (unpaired) electrons. The van der Waals surface area contributed by atoms with Crippen LogP contribution in [0.2, 0.25) is 0 Å². The number of anilines is 2. The van der Waals surface area contributed by atoms with E-state index in [-0.39, 0.29) is 5.97 Å². The Kier molecular flexibility index (Phi) is 6.03. The number of aryl methyl sites for hydroxylation is 1. The van der Waals surface area contributed by atoms with E-state index in [9.17, 15) is 4.79 Å². The molecule has 0 saturated heterocycles. The molecule has 0 amide bonds. The van der Waals surface area contributed by atoms with Crippen LogP contribution in [0.15, 0.2) is 47.2 Å². The van der Waals surface area contributed by atoms with Gasteiger partial charge in [0.05, 0.1) is 6.61 Å². The summed E-state index contributed by atoms with van der Waals surface area (Å²) in [6.45, 7) is 4.13. The normalized spacial score (nSPS) is 10.4.